The van der Waals surface area contributed by atoms with Crippen LogP contribution in [0.5, 0.6) is 0 Å². The number of carbonyl (C=O) groups excluding carboxylic acids is 1. The Bertz CT molecular complexity index is 377. The molecule has 3 heteroatoms. The van der Waals surface area contributed by atoms with E-state index in [0.717, 1.165) is 12.8 Å². The molecule has 0 spiro atoms. The third-order valence-corrected chi connectivity index (χ3v) is 3.20. The highest BCUT2D eigenvalue weighted by Gasteiger charge is 2.05. The van der Waals surface area contributed by atoms with Gasteiger partial charge in [-0.25, -0.2) is 0 Å². The van der Waals surface area contributed by atoms with Crippen LogP contribution < -0.4 is 10.6 Å². The van der Waals surface area contributed by atoms with Crippen LogP contribution in [-0.2, 0) is 17.8 Å². The van der Waals surface area contributed by atoms with Crippen LogP contribution >= 0.6 is 0 Å². The molecule has 0 bridgehead atoms. The van der Waals surface area contributed by atoms with Crippen LogP contribution in [0, 0.1) is 0 Å². The fraction of sp³-hybridized carbons (Fsp3) is 0.533. The maximum absolute atomic E-state index is 11.7. The second kappa shape index (κ2) is 7.88. The molecule has 1 aromatic carbocycles. The molecule has 100 valence electrons. The van der Waals surface area contributed by atoms with Crippen LogP contribution in [0.15, 0.2) is 24.3 Å². The van der Waals surface area contributed by atoms with Gasteiger partial charge >= 0.3 is 0 Å². The number of carbonyl (C=O) groups is 1. The smallest absolute Gasteiger partial charge is 0.234 e. The van der Waals surface area contributed by atoms with Gasteiger partial charge in [-0.3, -0.25) is 4.79 Å². The molecule has 0 aliphatic rings. The first-order valence-corrected chi connectivity index (χ1v) is 6.74. The van der Waals surface area contributed by atoms with Gasteiger partial charge in [0.05, 0.1) is 6.54 Å². The van der Waals surface area contributed by atoms with Crippen molar-refractivity contribution in [1.29, 1.82) is 0 Å². The third kappa shape index (κ3) is 4.88. The van der Waals surface area contributed by atoms with E-state index >= 15 is 0 Å². The molecule has 1 aromatic rings. The lowest BCUT2D eigenvalue weighted by Gasteiger charge is -2.12. The van der Waals surface area contributed by atoms with E-state index in [1.165, 1.54) is 11.1 Å². The van der Waals surface area contributed by atoms with Gasteiger partial charge in [0.25, 0.3) is 0 Å². The Morgan fingerprint density at radius 2 is 1.89 bits per heavy atom. The zero-order valence-corrected chi connectivity index (χ0v) is 11.6. The van der Waals surface area contributed by atoms with Crippen LogP contribution in [0.4, 0.5) is 0 Å². The van der Waals surface area contributed by atoms with Crippen molar-refractivity contribution in [3.63, 3.8) is 0 Å². The maximum Gasteiger partial charge on any atom is 0.234 e. The van der Waals surface area contributed by atoms with E-state index in [4.69, 9.17) is 0 Å². The summed E-state index contributed by atoms with van der Waals surface area (Å²) in [6.07, 6.45) is 2.03. The van der Waals surface area contributed by atoms with E-state index in [1.54, 1.807) is 0 Å². The number of nitrogens with one attached hydrogen (secondary N) is 2. The van der Waals surface area contributed by atoms with Gasteiger partial charge in [-0.05, 0) is 30.9 Å². The van der Waals surface area contributed by atoms with Crippen molar-refractivity contribution >= 4 is 5.91 Å². The molecule has 3 nitrogen and oxygen atoms in total. The molecule has 0 aliphatic heterocycles. The highest BCUT2D eigenvalue weighted by molar-refractivity contribution is 5.78. The monoisotopic (exact) mass is 248 g/mol. The molecular weight excluding hydrogens is 224 g/mol. The maximum atomic E-state index is 11.7. The molecule has 1 unspecified atom stereocenters. The summed E-state index contributed by atoms with van der Waals surface area (Å²) in [6, 6.07) is 8.62. The lowest BCUT2D eigenvalue weighted by atomic mass is 10.1. The van der Waals surface area contributed by atoms with E-state index in [1.807, 2.05) is 12.1 Å². The van der Waals surface area contributed by atoms with Gasteiger partial charge in [0.1, 0.15) is 0 Å². The van der Waals surface area contributed by atoms with Crippen LogP contribution in [-0.4, -0.2) is 18.5 Å². The molecule has 0 fully saturated rings. The predicted octanol–water partition coefficient (Wildman–Crippen LogP) is 2.25. The van der Waals surface area contributed by atoms with Crippen molar-refractivity contribution in [1.82, 2.24) is 10.6 Å². The van der Waals surface area contributed by atoms with Crippen LogP contribution in [0.2, 0.25) is 0 Å². The Hall–Kier alpha value is -1.35. The molecule has 2 N–H and O–H groups in total. The van der Waals surface area contributed by atoms with E-state index in [9.17, 15) is 4.79 Å². The number of rotatable bonds is 7. The first kappa shape index (κ1) is 14.7. The SMILES string of the molecule is CCc1ccccc1CNC(=O)CNC(C)CC. The Kier molecular flexibility index (Phi) is 6.44. The summed E-state index contributed by atoms with van der Waals surface area (Å²) in [6.45, 7) is 7.33. The van der Waals surface area contributed by atoms with E-state index in [-0.39, 0.29) is 5.91 Å². The van der Waals surface area contributed by atoms with Crippen molar-refractivity contribution < 1.29 is 4.79 Å². The molecule has 0 radical (unpaired) electrons. The van der Waals surface area contributed by atoms with Crippen molar-refractivity contribution in [3.8, 4) is 0 Å². The number of hydrogen-bond donors (Lipinski definition) is 2. The summed E-state index contributed by atoms with van der Waals surface area (Å²) in [7, 11) is 0. The van der Waals surface area contributed by atoms with Gasteiger partial charge in [-0.1, -0.05) is 38.1 Å². The molecular formula is C15H24N2O. The lowest BCUT2D eigenvalue weighted by molar-refractivity contribution is -0.120. The number of amides is 1. The standard InChI is InChI=1S/C15H24N2O/c1-4-12(3)16-11-15(18)17-10-14-9-7-6-8-13(14)5-2/h6-9,12,16H,4-5,10-11H2,1-3H3,(H,17,18). The normalized spacial score (nSPS) is 12.2. The van der Waals surface area contributed by atoms with Gasteiger partial charge in [0.15, 0.2) is 0 Å². The molecule has 1 atom stereocenters. The topological polar surface area (TPSA) is 41.1 Å². The predicted molar refractivity (Wildman–Crippen MR) is 75.4 cm³/mol. The quantitative estimate of drug-likeness (QED) is 0.777. The molecule has 1 rings (SSSR count). The first-order chi connectivity index (χ1) is 8.67. The zero-order valence-electron chi connectivity index (χ0n) is 11.6. The minimum absolute atomic E-state index is 0.0567. The average Bonchev–Trinajstić information content (AvgIpc) is 2.42. The summed E-state index contributed by atoms with van der Waals surface area (Å²) in [5, 5.41) is 6.14. The van der Waals surface area contributed by atoms with Crippen LogP contribution in [0.3, 0.4) is 0 Å². The third-order valence-electron chi connectivity index (χ3n) is 3.20. The number of aryl methyl sites for hydroxylation is 1. The van der Waals surface area contributed by atoms with Gasteiger partial charge < -0.3 is 10.6 Å². The summed E-state index contributed by atoms with van der Waals surface area (Å²) in [5.74, 6) is 0.0567. The van der Waals surface area contributed by atoms with E-state index < -0.39 is 0 Å². The van der Waals surface area contributed by atoms with Crippen molar-refractivity contribution in [2.75, 3.05) is 6.54 Å². The summed E-state index contributed by atoms with van der Waals surface area (Å²) in [5.41, 5.74) is 2.50. The van der Waals surface area contributed by atoms with E-state index in [0.29, 0.717) is 19.1 Å². The number of hydrogen-bond acceptors (Lipinski definition) is 2. The largest absolute Gasteiger partial charge is 0.351 e. The average molecular weight is 248 g/mol. The van der Waals surface area contributed by atoms with Crippen LogP contribution in [0.25, 0.3) is 0 Å². The highest BCUT2D eigenvalue weighted by atomic mass is 16.1. The van der Waals surface area contributed by atoms with Gasteiger partial charge in [-0.2, -0.15) is 0 Å². The summed E-state index contributed by atoms with van der Waals surface area (Å²) >= 11 is 0. The number of benzene rings is 1. The molecule has 0 aromatic heterocycles. The lowest BCUT2D eigenvalue weighted by Crippen LogP contribution is -2.37. The Balaban J connectivity index is 2.38. The second-order valence-electron chi connectivity index (χ2n) is 4.59. The molecule has 1 amide bonds. The fourth-order valence-corrected chi connectivity index (χ4v) is 1.74. The Labute approximate surface area is 110 Å². The van der Waals surface area contributed by atoms with Crippen molar-refractivity contribution in [2.45, 2.75) is 46.2 Å². The summed E-state index contributed by atoms with van der Waals surface area (Å²) < 4.78 is 0. The zero-order chi connectivity index (χ0) is 13.4. The molecule has 0 saturated carbocycles. The molecule has 0 saturated heterocycles. The Morgan fingerprint density at radius 3 is 2.50 bits per heavy atom. The summed E-state index contributed by atoms with van der Waals surface area (Å²) in [4.78, 5) is 11.7. The van der Waals surface area contributed by atoms with Gasteiger partial charge in [0, 0.05) is 12.6 Å². The van der Waals surface area contributed by atoms with Gasteiger partial charge in [0.2, 0.25) is 5.91 Å². The molecule has 0 aliphatic carbocycles. The molecule has 18 heavy (non-hydrogen) atoms. The highest BCUT2D eigenvalue weighted by Crippen LogP contribution is 2.08. The first-order valence-electron chi connectivity index (χ1n) is 6.74. The van der Waals surface area contributed by atoms with Crippen molar-refractivity contribution in [2.24, 2.45) is 0 Å². The second-order valence-corrected chi connectivity index (χ2v) is 4.59. The molecule has 0 heterocycles. The fourth-order valence-electron chi connectivity index (χ4n) is 1.74. The van der Waals surface area contributed by atoms with Crippen LogP contribution in [0.1, 0.15) is 38.3 Å². The van der Waals surface area contributed by atoms with E-state index in [2.05, 4.69) is 43.5 Å². The van der Waals surface area contributed by atoms with Crippen molar-refractivity contribution in [3.05, 3.63) is 35.4 Å². The minimum Gasteiger partial charge on any atom is -0.351 e. The van der Waals surface area contributed by atoms with Gasteiger partial charge in [-0.15, -0.1) is 0 Å². The Morgan fingerprint density at radius 1 is 1.22 bits per heavy atom. The minimum atomic E-state index is 0.0567.